The van der Waals surface area contributed by atoms with Gasteiger partial charge in [-0.3, -0.25) is 4.90 Å². The molecule has 2 saturated heterocycles. The average molecular weight is 426 g/mol. The highest BCUT2D eigenvalue weighted by Crippen LogP contribution is 2.33. The Balaban J connectivity index is 1.41. The number of para-hydroxylation sites is 1. The Bertz CT molecular complexity index is 1050. The quantitative estimate of drug-likeness (QED) is 0.624. The Morgan fingerprint density at radius 1 is 1.13 bits per heavy atom. The van der Waals surface area contributed by atoms with Gasteiger partial charge in [0.15, 0.2) is 17.0 Å². The first kappa shape index (κ1) is 19.6. The van der Waals surface area contributed by atoms with Gasteiger partial charge in [-0.1, -0.05) is 18.2 Å². The minimum Gasteiger partial charge on any atom is -0.368 e. The molecular formula is C22H28ClN7. The van der Waals surface area contributed by atoms with E-state index in [-0.39, 0.29) is 11.3 Å². The fourth-order valence-electron chi connectivity index (χ4n) is 4.85. The van der Waals surface area contributed by atoms with Crippen LogP contribution in [0.2, 0.25) is 5.28 Å². The summed E-state index contributed by atoms with van der Waals surface area (Å²) in [5.41, 5.74) is 4.08. The standard InChI is InChI=1S/C22H28ClN7/c1-14(2)30-13-25-19-20(26-22(23)27-21(19)30)24-10-15-6-4-5-7-18(15)29-11-16-8-9-17(12-29)28(16)3/h4-7,13-14,16-17H,8-12H2,1-3H3,(H,24,26,27). The van der Waals surface area contributed by atoms with E-state index in [4.69, 9.17) is 11.6 Å². The van der Waals surface area contributed by atoms with Crippen molar-refractivity contribution in [1.29, 1.82) is 0 Å². The molecule has 2 fully saturated rings. The molecule has 0 aliphatic carbocycles. The van der Waals surface area contributed by atoms with Gasteiger partial charge in [0, 0.05) is 43.4 Å². The second-order valence-corrected chi connectivity index (χ2v) is 9.03. The van der Waals surface area contributed by atoms with Gasteiger partial charge >= 0.3 is 0 Å². The summed E-state index contributed by atoms with van der Waals surface area (Å²) in [6, 6.07) is 10.2. The largest absolute Gasteiger partial charge is 0.368 e. The number of likely N-dealkylation sites (N-methyl/N-ethyl adjacent to an activating group) is 1. The van der Waals surface area contributed by atoms with E-state index in [1.807, 2.05) is 4.57 Å². The number of hydrogen-bond donors (Lipinski definition) is 1. The van der Waals surface area contributed by atoms with Crippen LogP contribution in [0.15, 0.2) is 30.6 Å². The molecule has 1 N–H and O–H groups in total. The van der Waals surface area contributed by atoms with Gasteiger partial charge in [0.05, 0.1) is 6.33 Å². The zero-order valence-electron chi connectivity index (χ0n) is 17.7. The number of anilines is 2. The minimum atomic E-state index is 0.233. The minimum absolute atomic E-state index is 0.233. The van der Waals surface area contributed by atoms with Crippen LogP contribution in [0.1, 0.15) is 38.3 Å². The highest BCUT2D eigenvalue weighted by molar-refractivity contribution is 6.28. The summed E-state index contributed by atoms with van der Waals surface area (Å²) < 4.78 is 2.02. The summed E-state index contributed by atoms with van der Waals surface area (Å²) >= 11 is 6.23. The van der Waals surface area contributed by atoms with Crippen LogP contribution in [0.4, 0.5) is 11.5 Å². The summed E-state index contributed by atoms with van der Waals surface area (Å²) in [5.74, 6) is 0.678. The summed E-state index contributed by atoms with van der Waals surface area (Å²) in [4.78, 5) is 18.5. The molecule has 158 valence electrons. The summed E-state index contributed by atoms with van der Waals surface area (Å²) in [6.07, 6.45) is 4.40. The third kappa shape index (κ3) is 3.40. The lowest BCUT2D eigenvalue weighted by Crippen LogP contribution is -2.52. The topological polar surface area (TPSA) is 62.1 Å². The Hall–Kier alpha value is -2.38. The van der Waals surface area contributed by atoms with E-state index < -0.39 is 0 Å². The lowest BCUT2D eigenvalue weighted by Gasteiger charge is -2.41. The highest BCUT2D eigenvalue weighted by Gasteiger charge is 2.37. The number of piperazine rings is 1. The van der Waals surface area contributed by atoms with E-state index >= 15 is 0 Å². The first-order chi connectivity index (χ1) is 14.5. The Labute approximate surface area is 182 Å². The number of nitrogens with one attached hydrogen (secondary N) is 1. The molecule has 5 rings (SSSR count). The number of fused-ring (bicyclic) bond motifs is 3. The molecule has 7 nitrogen and oxygen atoms in total. The SMILES string of the molecule is CC(C)n1cnc2c(NCc3ccccc3N3CC4CCC(C3)N4C)nc(Cl)nc21. The number of nitrogens with zero attached hydrogens (tertiary/aromatic N) is 6. The second kappa shape index (κ2) is 7.71. The number of benzene rings is 1. The Morgan fingerprint density at radius 2 is 1.87 bits per heavy atom. The number of rotatable bonds is 5. The lowest BCUT2D eigenvalue weighted by molar-refractivity contribution is 0.212. The first-order valence-corrected chi connectivity index (χ1v) is 11.1. The van der Waals surface area contributed by atoms with Gasteiger partial charge < -0.3 is 14.8 Å². The van der Waals surface area contributed by atoms with Crippen LogP contribution >= 0.6 is 11.6 Å². The van der Waals surface area contributed by atoms with Crippen LogP contribution in [0.25, 0.3) is 11.2 Å². The van der Waals surface area contributed by atoms with Crippen molar-refractivity contribution in [2.75, 3.05) is 30.4 Å². The number of imidazole rings is 1. The zero-order valence-corrected chi connectivity index (χ0v) is 18.5. The van der Waals surface area contributed by atoms with Gasteiger partial charge in [0.25, 0.3) is 0 Å². The van der Waals surface area contributed by atoms with Crippen LogP contribution in [-0.2, 0) is 6.54 Å². The molecule has 2 bridgehead atoms. The molecule has 0 amide bonds. The van der Waals surface area contributed by atoms with Crippen molar-refractivity contribution in [2.45, 2.75) is 51.4 Å². The van der Waals surface area contributed by atoms with Gasteiger partial charge in [-0.15, -0.1) is 0 Å². The van der Waals surface area contributed by atoms with Crippen LogP contribution in [0, 0.1) is 0 Å². The molecule has 2 unspecified atom stereocenters. The van der Waals surface area contributed by atoms with Gasteiger partial charge in [-0.2, -0.15) is 9.97 Å². The van der Waals surface area contributed by atoms with Crippen LogP contribution < -0.4 is 10.2 Å². The third-order valence-corrected chi connectivity index (χ3v) is 6.75. The predicted octanol–water partition coefficient (Wildman–Crippen LogP) is 3.96. The second-order valence-electron chi connectivity index (χ2n) is 8.70. The molecule has 2 atom stereocenters. The molecule has 30 heavy (non-hydrogen) atoms. The van der Waals surface area contributed by atoms with E-state index in [9.17, 15) is 0 Å². The number of halogens is 1. The summed E-state index contributed by atoms with van der Waals surface area (Å²) in [7, 11) is 2.27. The molecule has 4 heterocycles. The van der Waals surface area contributed by atoms with Crippen molar-refractivity contribution in [3.8, 4) is 0 Å². The molecule has 3 aromatic rings. The fraction of sp³-hybridized carbons (Fsp3) is 0.500. The van der Waals surface area contributed by atoms with E-state index in [1.54, 1.807) is 6.33 Å². The number of aromatic nitrogens is 4. The average Bonchev–Trinajstić information content (AvgIpc) is 3.22. The lowest BCUT2D eigenvalue weighted by atomic mass is 10.1. The van der Waals surface area contributed by atoms with E-state index in [0.29, 0.717) is 24.4 Å². The van der Waals surface area contributed by atoms with E-state index in [2.05, 4.69) is 75.2 Å². The maximum Gasteiger partial charge on any atom is 0.226 e. The maximum atomic E-state index is 6.23. The monoisotopic (exact) mass is 425 g/mol. The van der Waals surface area contributed by atoms with Crippen molar-refractivity contribution in [2.24, 2.45) is 0 Å². The molecule has 0 spiro atoms. The molecular weight excluding hydrogens is 398 g/mol. The molecule has 2 aliphatic rings. The zero-order chi connectivity index (χ0) is 20.8. The fourth-order valence-corrected chi connectivity index (χ4v) is 5.01. The third-order valence-electron chi connectivity index (χ3n) is 6.58. The van der Waals surface area contributed by atoms with Crippen molar-refractivity contribution in [3.05, 3.63) is 41.4 Å². The van der Waals surface area contributed by atoms with Gasteiger partial charge in [0.1, 0.15) is 0 Å². The molecule has 1 aromatic carbocycles. The van der Waals surface area contributed by atoms with Gasteiger partial charge in [0.2, 0.25) is 5.28 Å². The van der Waals surface area contributed by atoms with E-state index in [1.165, 1.54) is 24.1 Å². The van der Waals surface area contributed by atoms with Crippen molar-refractivity contribution < 1.29 is 0 Å². The molecule has 0 radical (unpaired) electrons. The van der Waals surface area contributed by atoms with Crippen LogP contribution in [-0.4, -0.2) is 56.6 Å². The van der Waals surface area contributed by atoms with Gasteiger partial charge in [-0.05, 0) is 57.0 Å². The van der Waals surface area contributed by atoms with Crippen LogP contribution in [0.3, 0.4) is 0 Å². The first-order valence-electron chi connectivity index (χ1n) is 10.7. The van der Waals surface area contributed by atoms with E-state index in [0.717, 1.165) is 24.3 Å². The summed E-state index contributed by atoms with van der Waals surface area (Å²) in [6.45, 7) is 7.04. The van der Waals surface area contributed by atoms with Crippen LogP contribution in [0.5, 0.6) is 0 Å². The number of hydrogen-bond acceptors (Lipinski definition) is 6. The maximum absolute atomic E-state index is 6.23. The molecule has 8 heteroatoms. The van der Waals surface area contributed by atoms with Crippen molar-refractivity contribution in [1.82, 2.24) is 24.4 Å². The Kier molecular flexibility index (Phi) is 5.03. The molecule has 2 aromatic heterocycles. The van der Waals surface area contributed by atoms with Gasteiger partial charge in [-0.25, -0.2) is 4.98 Å². The molecule has 0 saturated carbocycles. The van der Waals surface area contributed by atoms with Crippen molar-refractivity contribution in [3.63, 3.8) is 0 Å². The molecule has 2 aliphatic heterocycles. The highest BCUT2D eigenvalue weighted by atomic mass is 35.5. The Morgan fingerprint density at radius 3 is 2.60 bits per heavy atom. The predicted molar refractivity (Wildman–Crippen MR) is 121 cm³/mol. The van der Waals surface area contributed by atoms with Crippen molar-refractivity contribution >= 4 is 34.3 Å². The summed E-state index contributed by atoms with van der Waals surface area (Å²) in [5, 5.41) is 3.71. The smallest absolute Gasteiger partial charge is 0.226 e. The normalized spacial score (nSPS) is 21.7.